The van der Waals surface area contributed by atoms with E-state index >= 15 is 0 Å². The predicted molar refractivity (Wildman–Crippen MR) is 86.5 cm³/mol. The third kappa shape index (κ3) is 1.72. The molecule has 0 aromatic carbocycles. The summed E-state index contributed by atoms with van der Waals surface area (Å²) in [6.45, 7) is 4.66. The largest absolute Gasteiger partial charge is 0.393 e. The number of aliphatic hydroxyl groups is 1. The summed E-state index contributed by atoms with van der Waals surface area (Å²) in [5.74, 6) is 1.81. The van der Waals surface area contributed by atoms with E-state index in [9.17, 15) is 5.11 Å². The fourth-order valence-electron chi connectivity index (χ4n) is 5.82. The molecule has 4 rings (SSSR count). The molecule has 0 heterocycles. The minimum Gasteiger partial charge on any atom is -0.393 e. The van der Waals surface area contributed by atoms with Crippen LogP contribution in [0.5, 0.6) is 0 Å². The lowest BCUT2D eigenvalue weighted by Gasteiger charge is -2.54. The molecule has 4 unspecified atom stereocenters. The molecule has 2 N–H and O–H groups in total. The van der Waals surface area contributed by atoms with E-state index < -0.39 is 0 Å². The van der Waals surface area contributed by atoms with E-state index in [1.165, 1.54) is 12.0 Å². The SMILES string of the molecule is C[C@]12C=CC(N=N)C=C1C=CC1C2CC[C@@]2(C)C1CC[C@@H]2O. The lowest BCUT2D eigenvalue weighted by Crippen LogP contribution is -2.49. The van der Waals surface area contributed by atoms with Crippen LogP contribution in [0.25, 0.3) is 0 Å². The fourth-order valence-corrected chi connectivity index (χ4v) is 5.82. The summed E-state index contributed by atoms with van der Waals surface area (Å²) in [7, 11) is 0. The van der Waals surface area contributed by atoms with E-state index in [1.54, 1.807) is 0 Å². The quantitative estimate of drug-likeness (QED) is 0.551. The van der Waals surface area contributed by atoms with E-state index in [1.807, 2.05) is 0 Å². The van der Waals surface area contributed by atoms with Crippen LogP contribution in [-0.4, -0.2) is 17.3 Å². The fraction of sp³-hybridized carbons (Fsp3) is 0.684. The second kappa shape index (κ2) is 4.64. The van der Waals surface area contributed by atoms with Crippen molar-refractivity contribution in [3.8, 4) is 0 Å². The molecule has 0 aromatic heterocycles. The Hall–Kier alpha value is -1.22. The summed E-state index contributed by atoms with van der Waals surface area (Å²) in [5, 5.41) is 14.1. The van der Waals surface area contributed by atoms with Gasteiger partial charge in [-0.3, -0.25) is 0 Å². The average Bonchev–Trinajstić information content (AvgIpc) is 2.82. The van der Waals surface area contributed by atoms with Crippen molar-refractivity contribution in [2.45, 2.75) is 51.7 Å². The van der Waals surface area contributed by atoms with Crippen molar-refractivity contribution in [3.63, 3.8) is 0 Å². The summed E-state index contributed by atoms with van der Waals surface area (Å²) >= 11 is 0. The Morgan fingerprint density at radius 3 is 2.77 bits per heavy atom. The smallest absolute Gasteiger partial charge is 0.107 e. The van der Waals surface area contributed by atoms with E-state index in [0.29, 0.717) is 17.8 Å². The molecule has 2 saturated carbocycles. The molecule has 0 saturated heterocycles. The minimum atomic E-state index is -0.120. The van der Waals surface area contributed by atoms with Gasteiger partial charge in [-0.1, -0.05) is 44.2 Å². The number of rotatable bonds is 1. The zero-order valence-corrected chi connectivity index (χ0v) is 13.5. The molecule has 118 valence electrons. The van der Waals surface area contributed by atoms with E-state index in [-0.39, 0.29) is 23.0 Å². The average molecular weight is 298 g/mol. The number of aliphatic hydroxyl groups excluding tert-OH is 1. The number of fused-ring (bicyclic) bond motifs is 5. The van der Waals surface area contributed by atoms with Crippen LogP contribution in [0.3, 0.4) is 0 Å². The highest BCUT2D eigenvalue weighted by atomic mass is 16.3. The molecule has 3 heteroatoms. The number of nitrogens with zero attached hydrogens (tertiary/aromatic N) is 1. The minimum absolute atomic E-state index is 0.0788. The van der Waals surface area contributed by atoms with E-state index in [2.05, 4.69) is 49.3 Å². The van der Waals surface area contributed by atoms with Crippen LogP contribution >= 0.6 is 0 Å². The van der Waals surface area contributed by atoms with Gasteiger partial charge in [0.2, 0.25) is 0 Å². The van der Waals surface area contributed by atoms with Gasteiger partial charge in [0, 0.05) is 5.41 Å². The normalized spacial score (nSPS) is 52.5. The summed E-state index contributed by atoms with van der Waals surface area (Å²) in [6, 6.07) is -0.0913. The number of hydrogen-bond donors (Lipinski definition) is 2. The zero-order chi connectivity index (χ0) is 15.5. The van der Waals surface area contributed by atoms with Crippen molar-refractivity contribution >= 4 is 0 Å². The molecular weight excluding hydrogens is 272 g/mol. The predicted octanol–water partition coefficient (Wildman–Crippen LogP) is 4.26. The second-order valence-electron chi connectivity index (χ2n) is 8.17. The Kier molecular flexibility index (Phi) is 3.03. The molecule has 7 atom stereocenters. The van der Waals surface area contributed by atoms with Gasteiger partial charge < -0.3 is 5.11 Å². The first kappa shape index (κ1) is 14.4. The highest BCUT2D eigenvalue weighted by Crippen LogP contribution is 2.62. The van der Waals surface area contributed by atoms with Crippen LogP contribution in [0.4, 0.5) is 0 Å². The topological polar surface area (TPSA) is 56.4 Å². The maximum Gasteiger partial charge on any atom is 0.107 e. The maximum absolute atomic E-state index is 10.5. The Labute approximate surface area is 132 Å². The molecule has 22 heavy (non-hydrogen) atoms. The van der Waals surface area contributed by atoms with Gasteiger partial charge in [0.05, 0.1) is 6.10 Å². The molecule has 0 amide bonds. The van der Waals surface area contributed by atoms with Crippen molar-refractivity contribution in [3.05, 3.63) is 36.0 Å². The van der Waals surface area contributed by atoms with Crippen molar-refractivity contribution in [2.75, 3.05) is 0 Å². The van der Waals surface area contributed by atoms with Gasteiger partial charge in [-0.25, -0.2) is 5.53 Å². The van der Waals surface area contributed by atoms with Crippen molar-refractivity contribution in [1.82, 2.24) is 0 Å². The number of nitrogens with one attached hydrogen (secondary N) is 1. The Bertz CT molecular complexity index is 592. The number of hydrogen-bond acceptors (Lipinski definition) is 3. The lowest BCUT2D eigenvalue weighted by atomic mass is 9.50. The Morgan fingerprint density at radius 1 is 1.18 bits per heavy atom. The lowest BCUT2D eigenvalue weighted by molar-refractivity contribution is -0.0376. The van der Waals surface area contributed by atoms with Gasteiger partial charge >= 0.3 is 0 Å². The van der Waals surface area contributed by atoms with Gasteiger partial charge in [-0.05, 0) is 54.4 Å². The number of allylic oxidation sites excluding steroid dienone is 4. The van der Waals surface area contributed by atoms with Crippen LogP contribution in [0.15, 0.2) is 41.1 Å². The van der Waals surface area contributed by atoms with Crippen LogP contribution in [-0.2, 0) is 0 Å². The summed E-state index contributed by atoms with van der Waals surface area (Å²) in [5.41, 5.74) is 8.79. The van der Waals surface area contributed by atoms with Crippen molar-refractivity contribution < 1.29 is 5.11 Å². The monoisotopic (exact) mass is 298 g/mol. The van der Waals surface area contributed by atoms with Gasteiger partial charge in [-0.2, -0.15) is 5.11 Å². The Morgan fingerprint density at radius 2 is 2.00 bits per heavy atom. The van der Waals surface area contributed by atoms with E-state index in [0.717, 1.165) is 19.3 Å². The first-order valence-corrected chi connectivity index (χ1v) is 8.63. The second-order valence-corrected chi connectivity index (χ2v) is 8.17. The molecule has 4 aliphatic rings. The zero-order valence-electron chi connectivity index (χ0n) is 13.5. The molecule has 2 fully saturated rings. The molecule has 0 radical (unpaired) electrons. The molecular formula is C19H26N2O. The molecule has 4 aliphatic carbocycles. The van der Waals surface area contributed by atoms with Gasteiger partial charge in [-0.15, -0.1) is 0 Å². The first-order valence-electron chi connectivity index (χ1n) is 8.63. The first-order chi connectivity index (χ1) is 10.5. The van der Waals surface area contributed by atoms with Crippen LogP contribution < -0.4 is 0 Å². The summed E-state index contributed by atoms with van der Waals surface area (Å²) in [4.78, 5) is 0. The van der Waals surface area contributed by atoms with Gasteiger partial charge in [0.15, 0.2) is 0 Å². The third-order valence-electron chi connectivity index (χ3n) is 7.31. The molecule has 0 aromatic rings. The van der Waals surface area contributed by atoms with Crippen molar-refractivity contribution in [2.24, 2.45) is 33.7 Å². The van der Waals surface area contributed by atoms with Crippen LogP contribution in [0, 0.1) is 34.1 Å². The molecule has 0 bridgehead atoms. The molecule has 0 spiro atoms. The maximum atomic E-state index is 10.5. The van der Waals surface area contributed by atoms with Crippen LogP contribution in [0.2, 0.25) is 0 Å². The third-order valence-corrected chi connectivity index (χ3v) is 7.31. The Balaban J connectivity index is 1.74. The van der Waals surface area contributed by atoms with E-state index in [4.69, 9.17) is 5.53 Å². The van der Waals surface area contributed by atoms with Gasteiger partial charge in [0.1, 0.15) is 6.04 Å². The molecule has 0 aliphatic heterocycles. The highest BCUT2D eigenvalue weighted by Gasteiger charge is 2.57. The summed E-state index contributed by atoms with van der Waals surface area (Å²) < 4.78 is 0. The summed E-state index contributed by atoms with van der Waals surface area (Å²) in [6.07, 6.45) is 15.5. The van der Waals surface area contributed by atoms with Gasteiger partial charge in [0.25, 0.3) is 0 Å². The highest BCUT2D eigenvalue weighted by molar-refractivity contribution is 5.42. The van der Waals surface area contributed by atoms with Crippen LogP contribution in [0.1, 0.15) is 39.5 Å². The van der Waals surface area contributed by atoms with Crippen molar-refractivity contribution in [1.29, 1.82) is 5.53 Å². The standard InChI is InChI=1S/C19H26N2O/c1-18-9-7-13(21-20)11-12(18)3-4-14-15-5-6-17(22)19(15,2)10-8-16(14)18/h3-4,7,9,11,13-17,20,22H,5-6,8,10H2,1-2H3/t13?,14?,15?,16?,17-,18-,19-/m0/s1. The molecule has 3 nitrogen and oxygen atoms in total.